The van der Waals surface area contributed by atoms with E-state index < -0.39 is 12.8 Å². The van der Waals surface area contributed by atoms with E-state index in [2.05, 4.69) is 20.2 Å². The van der Waals surface area contributed by atoms with Crippen LogP contribution in [-0.4, -0.2) is 35.4 Å². The number of thiophene rings is 1. The Balaban J connectivity index is 1.29. The second-order valence-corrected chi connectivity index (χ2v) is 7.81. The second kappa shape index (κ2) is 11.1. The highest BCUT2D eigenvalue weighted by molar-refractivity contribution is 7.13. The Bertz CT molecular complexity index is 941. The number of ether oxygens (including phenoxy) is 1. The molecule has 0 saturated carbocycles. The fourth-order valence-electron chi connectivity index (χ4n) is 2.78. The molecule has 2 heterocycles. The van der Waals surface area contributed by atoms with Gasteiger partial charge in [0.15, 0.2) is 0 Å². The van der Waals surface area contributed by atoms with Gasteiger partial charge in [-0.2, -0.15) is 18.2 Å². The van der Waals surface area contributed by atoms with Gasteiger partial charge in [-0.1, -0.05) is 29.8 Å². The van der Waals surface area contributed by atoms with E-state index in [0.717, 1.165) is 24.1 Å². The summed E-state index contributed by atoms with van der Waals surface area (Å²) in [4.78, 5) is 17.5. The number of aryl methyl sites for hydroxylation is 1. The number of alkyl halides is 3. The second-order valence-electron chi connectivity index (χ2n) is 6.86. The highest BCUT2D eigenvalue weighted by atomic mass is 32.1. The number of carbonyl (C=O) groups excluding carboxylic acids is 1. The molecule has 166 valence electrons. The highest BCUT2D eigenvalue weighted by Crippen LogP contribution is 2.21. The summed E-state index contributed by atoms with van der Waals surface area (Å²) in [7, 11) is 0. The molecule has 31 heavy (non-hydrogen) atoms. The lowest BCUT2D eigenvalue weighted by Gasteiger charge is -2.08. The first-order valence-electron chi connectivity index (χ1n) is 9.79. The van der Waals surface area contributed by atoms with Gasteiger partial charge in [-0.25, -0.2) is 0 Å². The number of hydrogen-bond acceptors (Lipinski definition) is 6. The Morgan fingerprint density at radius 1 is 1.13 bits per heavy atom. The van der Waals surface area contributed by atoms with Crippen LogP contribution in [-0.2, 0) is 17.8 Å². The molecule has 0 spiro atoms. The molecule has 3 aromatic rings. The van der Waals surface area contributed by atoms with Crippen molar-refractivity contribution < 1.29 is 27.2 Å². The molecule has 10 heteroatoms. The molecule has 0 fully saturated rings. The third kappa shape index (κ3) is 7.80. The number of benzene rings is 1. The number of nitrogens with zero attached hydrogens (tertiary/aromatic N) is 2. The van der Waals surface area contributed by atoms with Gasteiger partial charge in [0.25, 0.3) is 5.91 Å². The molecule has 0 saturated heterocycles. The van der Waals surface area contributed by atoms with Crippen molar-refractivity contribution in [3.63, 3.8) is 0 Å². The molecule has 2 aromatic heterocycles. The first-order valence-corrected chi connectivity index (χ1v) is 10.7. The van der Waals surface area contributed by atoms with E-state index in [1.54, 1.807) is 35.6 Å². The average Bonchev–Trinajstić information content (AvgIpc) is 3.42. The lowest BCUT2D eigenvalue weighted by Crippen LogP contribution is -2.24. The van der Waals surface area contributed by atoms with Crippen molar-refractivity contribution in [3.05, 3.63) is 58.8 Å². The van der Waals surface area contributed by atoms with Gasteiger partial charge in [-0.15, -0.1) is 11.3 Å². The van der Waals surface area contributed by atoms with Crippen LogP contribution in [0.15, 0.2) is 46.3 Å². The van der Waals surface area contributed by atoms with Crippen molar-refractivity contribution in [1.29, 1.82) is 0 Å². The number of nitrogens with one attached hydrogen (secondary N) is 1. The fraction of sp³-hybridized carbons (Fsp3) is 0.381. The molecule has 0 bridgehead atoms. The normalized spacial score (nSPS) is 11.6. The molecule has 1 aromatic carbocycles. The Kier molecular flexibility index (Phi) is 8.19. The largest absolute Gasteiger partial charge is 0.411 e. The Labute approximate surface area is 181 Å². The Morgan fingerprint density at radius 3 is 2.65 bits per heavy atom. The zero-order valence-electron chi connectivity index (χ0n) is 16.7. The number of unbranched alkanes of at least 4 members (excludes halogenated alkanes) is 2. The van der Waals surface area contributed by atoms with Crippen LogP contribution < -0.4 is 5.32 Å². The number of halogens is 3. The Hall–Kier alpha value is -2.72. The molecule has 1 N–H and O–H groups in total. The lowest BCUT2D eigenvalue weighted by atomic mass is 10.1. The molecular formula is C21H22F3N3O3S. The van der Waals surface area contributed by atoms with Gasteiger partial charge in [0.05, 0.1) is 11.5 Å². The first-order chi connectivity index (χ1) is 14.9. The molecule has 0 radical (unpaired) electrons. The summed E-state index contributed by atoms with van der Waals surface area (Å²) in [6, 6.07) is 10.2. The maximum Gasteiger partial charge on any atom is 0.411 e. The van der Waals surface area contributed by atoms with Gasteiger partial charge in [-0.3, -0.25) is 4.79 Å². The van der Waals surface area contributed by atoms with E-state index in [1.807, 2.05) is 17.5 Å². The van der Waals surface area contributed by atoms with Crippen LogP contribution in [0.2, 0.25) is 0 Å². The summed E-state index contributed by atoms with van der Waals surface area (Å²) in [5, 5.41) is 8.77. The van der Waals surface area contributed by atoms with Crippen LogP contribution in [0.1, 0.15) is 41.1 Å². The molecule has 0 aliphatic rings. The standard InChI is InChI=1S/C21H22F3N3O3S/c22-21(23,24)14-29-13-15-7-9-16(10-8-15)20(28)25-11-3-1-2-6-18-26-19(27-30-18)17-5-4-12-31-17/h4-5,7-10,12H,1-3,6,11,13-14H2,(H,25,28). The van der Waals surface area contributed by atoms with E-state index in [9.17, 15) is 18.0 Å². The summed E-state index contributed by atoms with van der Waals surface area (Å²) >= 11 is 1.56. The van der Waals surface area contributed by atoms with Crippen LogP contribution in [0.4, 0.5) is 13.2 Å². The van der Waals surface area contributed by atoms with Gasteiger partial charge in [0.1, 0.15) is 6.61 Å². The van der Waals surface area contributed by atoms with Gasteiger partial charge < -0.3 is 14.6 Å². The smallest absolute Gasteiger partial charge is 0.367 e. The SMILES string of the molecule is O=C(NCCCCCc1nc(-c2cccs2)no1)c1ccc(COCC(F)(F)F)cc1. The van der Waals surface area contributed by atoms with E-state index in [1.165, 1.54) is 0 Å². The van der Waals surface area contributed by atoms with Crippen LogP contribution in [0.25, 0.3) is 10.7 Å². The number of amides is 1. The van der Waals surface area contributed by atoms with E-state index in [-0.39, 0.29) is 12.5 Å². The minimum Gasteiger partial charge on any atom is -0.367 e. The van der Waals surface area contributed by atoms with Crippen LogP contribution in [0.3, 0.4) is 0 Å². The van der Waals surface area contributed by atoms with Gasteiger partial charge in [-0.05, 0) is 42.0 Å². The first kappa shape index (κ1) is 23.0. The minimum absolute atomic E-state index is 0.156. The van der Waals surface area contributed by atoms with Crippen molar-refractivity contribution in [3.8, 4) is 10.7 Å². The number of carbonyl (C=O) groups is 1. The van der Waals surface area contributed by atoms with E-state index in [0.29, 0.717) is 35.8 Å². The molecule has 3 rings (SSSR count). The van der Waals surface area contributed by atoms with Crippen molar-refractivity contribution in [2.45, 2.75) is 38.5 Å². The molecular weight excluding hydrogens is 431 g/mol. The third-order valence-corrected chi connectivity index (χ3v) is 5.18. The number of rotatable bonds is 11. The van der Waals surface area contributed by atoms with Crippen LogP contribution in [0.5, 0.6) is 0 Å². The average molecular weight is 453 g/mol. The van der Waals surface area contributed by atoms with Crippen molar-refractivity contribution >= 4 is 17.2 Å². The molecule has 0 atom stereocenters. The summed E-state index contributed by atoms with van der Waals surface area (Å²) in [5.74, 6) is 0.988. The molecule has 6 nitrogen and oxygen atoms in total. The van der Waals surface area contributed by atoms with E-state index in [4.69, 9.17) is 4.52 Å². The zero-order valence-corrected chi connectivity index (χ0v) is 17.5. The summed E-state index contributed by atoms with van der Waals surface area (Å²) in [6.07, 6.45) is -1.09. The van der Waals surface area contributed by atoms with Crippen LogP contribution in [0, 0.1) is 0 Å². The maximum atomic E-state index is 12.1. The zero-order chi connectivity index (χ0) is 22.1. The fourth-order valence-corrected chi connectivity index (χ4v) is 3.43. The predicted molar refractivity (Wildman–Crippen MR) is 110 cm³/mol. The topological polar surface area (TPSA) is 77.3 Å². The highest BCUT2D eigenvalue weighted by Gasteiger charge is 2.27. The van der Waals surface area contributed by atoms with Gasteiger partial charge >= 0.3 is 6.18 Å². The number of hydrogen-bond donors (Lipinski definition) is 1. The predicted octanol–water partition coefficient (Wildman–Crippen LogP) is 5.02. The van der Waals surface area contributed by atoms with Gasteiger partial charge in [0.2, 0.25) is 11.7 Å². The Morgan fingerprint density at radius 2 is 1.94 bits per heavy atom. The van der Waals surface area contributed by atoms with E-state index >= 15 is 0 Å². The summed E-state index contributed by atoms with van der Waals surface area (Å²) in [5.41, 5.74) is 1.02. The summed E-state index contributed by atoms with van der Waals surface area (Å²) < 4.78 is 46.1. The third-order valence-electron chi connectivity index (χ3n) is 4.31. The quantitative estimate of drug-likeness (QED) is 0.413. The summed E-state index contributed by atoms with van der Waals surface area (Å²) in [6.45, 7) is -0.923. The molecule has 1 amide bonds. The molecule has 0 aliphatic heterocycles. The molecule has 0 aliphatic carbocycles. The number of aromatic nitrogens is 2. The van der Waals surface area contributed by atoms with Crippen molar-refractivity contribution in [2.75, 3.05) is 13.2 Å². The van der Waals surface area contributed by atoms with Gasteiger partial charge in [0, 0.05) is 18.5 Å². The van der Waals surface area contributed by atoms with Crippen molar-refractivity contribution in [2.24, 2.45) is 0 Å². The van der Waals surface area contributed by atoms with Crippen molar-refractivity contribution in [1.82, 2.24) is 15.5 Å². The minimum atomic E-state index is -4.35. The van der Waals surface area contributed by atoms with Crippen LogP contribution >= 0.6 is 11.3 Å². The monoisotopic (exact) mass is 453 g/mol. The molecule has 0 unspecified atom stereocenters. The maximum absolute atomic E-state index is 12.1. The lowest BCUT2D eigenvalue weighted by molar-refractivity contribution is -0.176.